The zero-order chi connectivity index (χ0) is 9.64. The van der Waals surface area contributed by atoms with Crippen LogP contribution in [0, 0.1) is 0 Å². The Kier molecular flexibility index (Phi) is 1.72. The third kappa shape index (κ3) is 1.26. The molecule has 5 heteroatoms. The number of carbonyl (C=O) groups excluding carboxylic acids is 1. The third-order valence-electron chi connectivity index (χ3n) is 2.35. The highest BCUT2D eigenvalue weighted by Crippen LogP contribution is 2.36. The maximum absolute atomic E-state index is 11.8. The molecule has 0 amide bonds. The van der Waals surface area contributed by atoms with Crippen molar-refractivity contribution in [3.05, 3.63) is 16.9 Å². The van der Waals surface area contributed by atoms with Crippen molar-refractivity contribution >= 4 is 17.4 Å². The summed E-state index contributed by atoms with van der Waals surface area (Å²) in [6, 6.07) is 0. The molecule has 70 valence electrons. The number of ketones is 1. The maximum Gasteiger partial charge on any atom is 0.202 e. The Bertz CT molecular complexity index is 348. The maximum atomic E-state index is 11.8. The lowest BCUT2D eigenvalue weighted by Gasteiger charge is -2.07. The molecule has 0 unspecified atom stereocenters. The fourth-order valence-corrected chi connectivity index (χ4v) is 1.52. The van der Waals surface area contributed by atoms with Crippen LogP contribution in [-0.4, -0.2) is 21.1 Å². The number of Topliss-reactive ketones (excluding diaryl/α,β-unsaturated/α-hetero) is 1. The van der Waals surface area contributed by atoms with Gasteiger partial charge in [-0.05, 0) is 12.8 Å². The summed E-state index contributed by atoms with van der Waals surface area (Å²) in [5, 5.41) is 4.27. The predicted octanol–water partition coefficient (Wildman–Crippen LogP) is 0.748. The largest absolute Gasteiger partial charge is 0.319 e. The van der Waals surface area contributed by atoms with Gasteiger partial charge in [-0.15, -0.1) is 0 Å². The standard InChI is InChI=1S/C8H10ClN3O/c1-12-6(5(9)4-11-12)7(13)8(10)2-3-8/h4H,2-3,10H2,1H3. The molecule has 0 aromatic carbocycles. The molecule has 13 heavy (non-hydrogen) atoms. The first-order chi connectivity index (χ1) is 6.04. The number of aryl methyl sites for hydroxylation is 1. The quantitative estimate of drug-likeness (QED) is 0.715. The molecule has 1 aliphatic rings. The van der Waals surface area contributed by atoms with Gasteiger partial charge in [-0.1, -0.05) is 11.6 Å². The van der Waals surface area contributed by atoms with Crippen LogP contribution < -0.4 is 5.73 Å². The van der Waals surface area contributed by atoms with Crippen molar-refractivity contribution in [1.29, 1.82) is 0 Å². The Balaban J connectivity index is 2.40. The first-order valence-electron chi connectivity index (χ1n) is 4.06. The Morgan fingerprint density at radius 2 is 2.38 bits per heavy atom. The van der Waals surface area contributed by atoms with Gasteiger partial charge in [-0.3, -0.25) is 9.48 Å². The fourth-order valence-electron chi connectivity index (χ4n) is 1.26. The van der Waals surface area contributed by atoms with Crippen LogP contribution in [0.15, 0.2) is 6.20 Å². The minimum atomic E-state index is -0.669. The van der Waals surface area contributed by atoms with Gasteiger partial charge in [-0.25, -0.2) is 0 Å². The van der Waals surface area contributed by atoms with Crippen LogP contribution in [0.3, 0.4) is 0 Å². The van der Waals surface area contributed by atoms with Crippen molar-refractivity contribution in [2.75, 3.05) is 0 Å². The number of hydrogen-bond donors (Lipinski definition) is 1. The monoisotopic (exact) mass is 199 g/mol. The first-order valence-corrected chi connectivity index (χ1v) is 4.43. The molecule has 0 aliphatic heterocycles. The molecule has 0 bridgehead atoms. The summed E-state index contributed by atoms with van der Waals surface area (Å²) >= 11 is 5.81. The summed E-state index contributed by atoms with van der Waals surface area (Å²) in [7, 11) is 1.69. The second-order valence-electron chi connectivity index (χ2n) is 3.45. The van der Waals surface area contributed by atoms with Crippen molar-refractivity contribution in [3.8, 4) is 0 Å². The number of hydrogen-bond acceptors (Lipinski definition) is 3. The summed E-state index contributed by atoms with van der Waals surface area (Å²) in [6.45, 7) is 0. The minimum absolute atomic E-state index is 0.0995. The van der Waals surface area contributed by atoms with Crippen LogP contribution in [0.5, 0.6) is 0 Å². The van der Waals surface area contributed by atoms with E-state index in [0.29, 0.717) is 10.7 Å². The highest BCUT2D eigenvalue weighted by molar-refractivity contribution is 6.34. The molecule has 4 nitrogen and oxygen atoms in total. The lowest BCUT2D eigenvalue weighted by atomic mass is 10.1. The number of nitrogens with two attached hydrogens (primary N) is 1. The van der Waals surface area contributed by atoms with Gasteiger partial charge >= 0.3 is 0 Å². The van der Waals surface area contributed by atoms with Crippen molar-refractivity contribution in [1.82, 2.24) is 9.78 Å². The van der Waals surface area contributed by atoms with Crippen molar-refractivity contribution in [3.63, 3.8) is 0 Å². The predicted molar refractivity (Wildman–Crippen MR) is 48.7 cm³/mol. The molecule has 0 spiro atoms. The van der Waals surface area contributed by atoms with E-state index in [4.69, 9.17) is 17.3 Å². The van der Waals surface area contributed by atoms with E-state index >= 15 is 0 Å². The molecule has 1 aromatic rings. The van der Waals surface area contributed by atoms with Gasteiger partial charge in [0.15, 0.2) is 0 Å². The zero-order valence-electron chi connectivity index (χ0n) is 7.25. The van der Waals surface area contributed by atoms with E-state index in [0.717, 1.165) is 12.8 Å². The summed E-state index contributed by atoms with van der Waals surface area (Å²) in [5.74, 6) is -0.0995. The zero-order valence-corrected chi connectivity index (χ0v) is 8.01. The van der Waals surface area contributed by atoms with Crippen molar-refractivity contribution in [2.45, 2.75) is 18.4 Å². The van der Waals surface area contributed by atoms with Crippen LogP contribution in [0.4, 0.5) is 0 Å². The molecular formula is C8H10ClN3O. The lowest BCUT2D eigenvalue weighted by Crippen LogP contribution is -2.34. The lowest BCUT2D eigenvalue weighted by molar-refractivity contribution is 0.0940. The van der Waals surface area contributed by atoms with E-state index < -0.39 is 5.54 Å². The Hall–Kier alpha value is -0.870. The number of aromatic nitrogens is 2. The Morgan fingerprint density at radius 1 is 1.77 bits per heavy atom. The van der Waals surface area contributed by atoms with Crippen molar-refractivity contribution in [2.24, 2.45) is 12.8 Å². The van der Waals surface area contributed by atoms with Gasteiger partial charge < -0.3 is 5.73 Å². The molecule has 0 radical (unpaired) electrons. The summed E-state index contributed by atoms with van der Waals surface area (Å²) in [4.78, 5) is 11.8. The van der Waals surface area contributed by atoms with E-state index in [1.165, 1.54) is 10.9 Å². The summed E-state index contributed by atoms with van der Waals surface area (Å²) < 4.78 is 1.47. The number of nitrogens with zero attached hydrogens (tertiary/aromatic N) is 2. The molecule has 1 fully saturated rings. The molecule has 2 rings (SSSR count). The third-order valence-corrected chi connectivity index (χ3v) is 2.63. The molecule has 2 N–H and O–H groups in total. The Morgan fingerprint density at radius 3 is 2.77 bits per heavy atom. The van der Waals surface area contributed by atoms with Crippen molar-refractivity contribution < 1.29 is 4.79 Å². The first kappa shape index (κ1) is 8.72. The van der Waals surface area contributed by atoms with E-state index in [9.17, 15) is 4.79 Å². The second kappa shape index (κ2) is 2.56. The molecule has 1 aliphatic carbocycles. The summed E-state index contributed by atoms with van der Waals surface area (Å²) in [6.07, 6.45) is 2.95. The molecule has 1 heterocycles. The van der Waals surface area contributed by atoms with Gasteiger partial charge in [0.05, 0.1) is 16.8 Å². The fraction of sp³-hybridized carbons (Fsp3) is 0.500. The molecule has 0 saturated heterocycles. The van der Waals surface area contributed by atoms with Gasteiger partial charge in [-0.2, -0.15) is 5.10 Å². The molecule has 0 atom stereocenters. The molecular weight excluding hydrogens is 190 g/mol. The molecule has 1 aromatic heterocycles. The summed E-state index contributed by atoms with van der Waals surface area (Å²) in [5.41, 5.74) is 5.52. The van der Waals surface area contributed by atoms with Gasteiger partial charge in [0.1, 0.15) is 5.69 Å². The second-order valence-corrected chi connectivity index (χ2v) is 3.86. The normalized spacial score (nSPS) is 18.7. The van der Waals surface area contributed by atoms with E-state index in [1.807, 2.05) is 0 Å². The average molecular weight is 200 g/mol. The van der Waals surface area contributed by atoms with Gasteiger partial charge in [0, 0.05) is 7.05 Å². The smallest absolute Gasteiger partial charge is 0.202 e. The number of carbonyl (C=O) groups is 1. The highest BCUT2D eigenvalue weighted by Gasteiger charge is 2.47. The van der Waals surface area contributed by atoms with Crippen LogP contribution in [0.25, 0.3) is 0 Å². The SMILES string of the molecule is Cn1ncc(Cl)c1C(=O)C1(N)CC1. The number of rotatable bonds is 2. The topological polar surface area (TPSA) is 60.9 Å². The van der Waals surface area contributed by atoms with Gasteiger partial charge in [0.2, 0.25) is 5.78 Å². The van der Waals surface area contributed by atoms with E-state index in [-0.39, 0.29) is 5.78 Å². The van der Waals surface area contributed by atoms with E-state index in [1.54, 1.807) is 7.05 Å². The van der Waals surface area contributed by atoms with Crippen LogP contribution >= 0.6 is 11.6 Å². The van der Waals surface area contributed by atoms with E-state index in [2.05, 4.69) is 5.10 Å². The molecule has 1 saturated carbocycles. The average Bonchev–Trinajstić information content (AvgIpc) is 2.73. The Labute approximate surface area is 80.7 Å². The van der Waals surface area contributed by atoms with Crippen LogP contribution in [0.2, 0.25) is 5.02 Å². The minimum Gasteiger partial charge on any atom is -0.319 e. The van der Waals surface area contributed by atoms with Crippen LogP contribution in [-0.2, 0) is 7.05 Å². The van der Waals surface area contributed by atoms with Gasteiger partial charge in [0.25, 0.3) is 0 Å². The number of halogens is 1. The highest BCUT2D eigenvalue weighted by atomic mass is 35.5. The van der Waals surface area contributed by atoms with Crippen LogP contribution in [0.1, 0.15) is 23.3 Å².